The van der Waals surface area contributed by atoms with Gasteiger partial charge in [-0.05, 0) is 66.1 Å². The van der Waals surface area contributed by atoms with E-state index in [2.05, 4.69) is 34.5 Å². The third kappa shape index (κ3) is 5.42. The zero-order valence-corrected chi connectivity index (χ0v) is 30.0. The zero-order valence-electron chi connectivity index (χ0n) is 29.2. The summed E-state index contributed by atoms with van der Waals surface area (Å²) < 4.78 is 49.3. The van der Waals surface area contributed by atoms with E-state index < -0.39 is 21.7 Å². The van der Waals surface area contributed by atoms with Gasteiger partial charge in [-0.2, -0.15) is 5.26 Å². The highest BCUT2D eigenvalue weighted by Gasteiger charge is 2.35. The Morgan fingerprint density at radius 2 is 1.79 bits per heavy atom. The highest BCUT2D eigenvalue weighted by atomic mass is 32.2. The monoisotopic (exact) mass is 715 g/mol. The van der Waals surface area contributed by atoms with Crippen molar-refractivity contribution in [3.05, 3.63) is 95.6 Å². The molecule has 11 nitrogen and oxygen atoms in total. The second-order valence-electron chi connectivity index (χ2n) is 14.1. The van der Waals surface area contributed by atoms with Crippen LogP contribution in [0, 0.1) is 22.6 Å². The lowest BCUT2D eigenvalue weighted by atomic mass is 9.84. The van der Waals surface area contributed by atoms with Gasteiger partial charge in [0.25, 0.3) is 5.91 Å². The van der Waals surface area contributed by atoms with E-state index in [-0.39, 0.29) is 28.0 Å². The minimum absolute atomic E-state index is 0.211. The van der Waals surface area contributed by atoms with Gasteiger partial charge in [0, 0.05) is 55.2 Å². The summed E-state index contributed by atoms with van der Waals surface area (Å²) in [6.45, 7) is 6.95. The lowest BCUT2D eigenvalue weighted by molar-refractivity contribution is 0.0220. The Morgan fingerprint density at radius 1 is 1.04 bits per heavy atom. The molecule has 0 radical (unpaired) electrons. The van der Waals surface area contributed by atoms with Gasteiger partial charge in [0.15, 0.2) is 0 Å². The number of halogens is 1. The summed E-state index contributed by atoms with van der Waals surface area (Å²) in [6.07, 6.45) is 1.10. The first kappa shape index (κ1) is 33.3. The number of furan rings is 1. The molecule has 0 saturated carbocycles. The minimum Gasteiger partial charge on any atom is -0.455 e. The van der Waals surface area contributed by atoms with Crippen LogP contribution in [0.25, 0.3) is 61.0 Å². The number of sulfonamides is 1. The number of hydrogen-bond acceptors (Lipinski definition) is 8. The number of hydrogen-bond donors (Lipinski definition) is 1. The first-order valence-electron chi connectivity index (χ1n) is 16.7. The number of nitriles is 1. The van der Waals surface area contributed by atoms with Crippen LogP contribution in [-0.4, -0.2) is 67.0 Å². The van der Waals surface area contributed by atoms with Crippen molar-refractivity contribution in [1.29, 1.82) is 5.26 Å². The molecule has 13 heteroatoms. The molecule has 1 N–H and O–H groups in total. The van der Waals surface area contributed by atoms with Crippen molar-refractivity contribution < 1.29 is 22.0 Å². The minimum atomic E-state index is -3.77. The highest BCUT2D eigenvalue weighted by Crippen LogP contribution is 2.42. The van der Waals surface area contributed by atoms with Gasteiger partial charge in [0.05, 0.1) is 57.9 Å². The van der Waals surface area contributed by atoms with Gasteiger partial charge >= 0.3 is 0 Å². The molecule has 4 aromatic heterocycles. The largest absolute Gasteiger partial charge is 0.455 e. The Balaban J connectivity index is 1.40. The van der Waals surface area contributed by atoms with E-state index in [1.165, 1.54) is 38.4 Å². The molecular weight excluding hydrogens is 682 g/mol. The van der Waals surface area contributed by atoms with E-state index >= 15 is 0 Å². The number of aromatic nitrogens is 3. The second-order valence-corrected chi connectivity index (χ2v) is 16.1. The molecule has 7 aromatic rings. The summed E-state index contributed by atoms with van der Waals surface area (Å²) >= 11 is 0. The number of carbonyl (C=O) groups excluding carboxylic acids is 1. The summed E-state index contributed by atoms with van der Waals surface area (Å²) in [6, 6.07) is 22.4. The van der Waals surface area contributed by atoms with Crippen molar-refractivity contribution in [2.45, 2.75) is 20.4 Å². The molecule has 0 aliphatic carbocycles. The van der Waals surface area contributed by atoms with Crippen LogP contribution in [0.4, 0.5) is 10.1 Å². The second kappa shape index (κ2) is 11.9. The van der Waals surface area contributed by atoms with Crippen molar-refractivity contribution in [2.75, 3.05) is 37.7 Å². The summed E-state index contributed by atoms with van der Waals surface area (Å²) in [5.74, 6) is 0.154. The fourth-order valence-corrected chi connectivity index (χ4v) is 7.87. The van der Waals surface area contributed by atoms with Crippen molar-refractivity contribution in [2.24, 2.45) is 5.41 Å². The molecule has 1 aliphatic rings. The molecule has 0 bridgehead atoms. The molecule has 1 fully saturated rings. The Labute approximate surface area is 299 Å². The number of benzene rings is 3. The molecule has 0 spiro atoms. The number of fused-ring (bicyclic) bond motifs is 6. The lowest BCUT2D eigenvalue weighted by Crippen LogP contribution is -2.52. The van der Waals surface area contributed by atoms with Gasteiger partial charge < -0.3 is 9.73 Å². The summed E-state index contributed by atoms with van der Waals surface area (Å²) in [4.78, 5) is 26.0. The number of carbonyl (C=O) groups is 1. The Bertz CT molecular complexity index is 2770. The molecule has 8 rings (SSSR count). The van der Waals surface area contributed by atoms with Crippen molar-refractivity contribution in [3.63, 3.8) is 0 Å². The number of amides is 1. The van der Waals surface area contributed by atoms with Crippen LogP contribution in [0.15, 0.2) is 77.2 Å². The first-order chi connectivity index (χ1) is 24.8. The molecule has 0 atom stereocenters. The van der Waals surface area contributed by atoms with E-state index in [9.17, 15) is 22.9 Å². The highest BCUT2D eigenvalue weighted by molar-refractivity contribution is 7.92. The van der Waals surface area contributed by atoms with Crippen LogP contribution >= 0.6 is 0 Å². The lowest BCUT2D eigenvalue weighted by Gasteiger charge is -2.45. The van der Waals surface area contributed by atoms with E-state index in [4.69, 9.17) is 14.4 Å². The molecule has 1 amide bonds. The third-order valence-electron chi connectivity index (χ3n) is 9.74. The van der Waals surface area contributed by atoms with Gasteiger partial charge in [-0.1, -0.05) is 19.9 Å². The zero-order chi connectivity index (χ0) is 36.7. The normalized spacial score (nSPS) is 14.6. The van der Waals surface area contributed by atoms with Crippen molar-refractivity contribution >= 4 is 60.0 Å². The SMILES string of the molecule is CNC(=O)c1c(-c2ccc(F)cc2)oc2cc(N(C)S(C)(=O)=O)c(-c3ccc4nc(CN5CC(C)(C)C5)n5c6cccc(C#N)c6cc5c4n3)cc12. The number of likely N-dealkylation sites (tertiary alicyclic amines) is 1. The predicted octanol–water partition coefficient (Wildman–Crippen LogP) is 6.72. The summed E-state index contributed by atoms with van der Waals surface area (Å²) in [7, 11) is -0.827. The summed E-state index contributed by atoms with van der Waals surface area (Å²) in [5.41, 5.74) is 5.63. The van der Waals surface area contributed by atoms with Crippen molar-refractivity contribution in [1.82, 2.24) is 24.6 Å². The molecule has 3 aromatic carbocycles. The topological polar surface area (TPSA) is 137 Å². The van der Waals surface area contributed by atoms with Gasteiger partial charge in [-0.25, -0.2) is 22.8 Å². The van der Waals surface area contributed by atoms with Crippen LogP contribution in [0.2, 0.25) is 0 Å². The Hall–Kier alpha value is -5.84. The van der Waals surface area contributed by atoms with Crippen LogP contribution in [0.1, 0.15) is 35.6 Å². The average Bonchev–Trinajstić information content (AvgIpc) is 3.69. The maximum absolute atomic E-state index is 13.9. The number of nitrogens with one attached hydrogen (secondary N) is 1. The van der Waals surface area contributed by atoms with Crippen LogP contribution < -0.4 is 9.62 Å². The third-order valence-corrected chi connectivity index (χ3v) is 10.9. The van der Waals surface area contributed by atoms with E-state index in [1.807, 2.05) is 24.3 Å². The first-order valence-corrected chi connectivity index (χ1v) is 18.5. The van der Waals surface area contributed by atoms with Crippen LogP contribution in [0.3, 0.4) is 0 Å². The quantitative estimate of drug-likeness (QED) is 0.192. The number of pyridine rings is 1. The molecule has 262 valence electrons. The van der Waals surface area contributed by atoms with E-state index in [0.29, 0.717) is 45.3 Å². The van der Waals surface area contributed by atoms with Gasteiger partial charge in [0.2, 0.25) is 10.0 Å². The molecule has 5 heterocycles. The van der Waals surface area contributed by atoms with Gasteiger partial charge in [-0.15, -0.1) is 0 Å². The molecule has 0 unspecified atom stereocenters. The smallest absolute Gasteiger partial charge is 0.255 e. The molecule has 52 heavy (non-hydrogen) atoms. The molecule has 1 aliphatic heterocycles. The maximum atomic E-state index is 13.9. The number of rotatable bonds is 7. The average molecular weight is 716 g/mol. The van der Waals surface area contributed by atoms with E-state index in [0.717, 1.165) is 45.9 Å². The predicted molar refractivity (Wildman–Crippen MR) is 199 cm³/mol. The van der Waals surface area contributed by atoms with Crippen LogP contribution in [0.5, 0.6) is 0 Å². The summed E-state index contributed by atoms with van der Waals surface area (Å²) in [5, 5.41) is 13.8. The molecular formula is C39H34FN7O4S. The van der Waals surface area contributed by atoms with Gasteiger partial charge in [0.1, 0.15) is 28.5 Å². The van der Waals surface area contributed by atoms with E-state index in [1.54, 1.807) is 24.3 Å². The fraction of sp³-hybridized carbons (Fsp3) is 0.231. The van der Waals surface area contributed by atoms with Crippen molar-refractivity contribution in [3.8, 4) is 28.7 Å². The number of nitrogens with zero attached hydrogens (tertiary/aromatic N) is 6. The standard InChI is InChI=1S/C39H34FN7O4S/c1-39(2)20-46(21-39)19-34-43-29-14-13-28(44-36(29)32-16-25-23(18-41)7-6-8-30(25)47(32)34)26-15-27-33(17-31(26)45(4)52(5,49)50)51-37(35(27)38(48)42-3)22-9-11-24(40)12-10-22/h6-17H,19-21H2,1-5H3,(H,42,48). The molecule has 1 saturated heterocycles. The fourth-order valence-electron chi connectivity index (χ4n) is 7.36. The van der Waals surface area contributed by atoms with Crippen LogP contribution in [-0.2, 0) is 16.6 Å². The Morgan fingerprint density at radius 3 is 2.46 bits per heavy atom. The maximum Gasteiger partial charge on any atom is 0.255 e. The van der Waals surface area contributed by atoms with Gasteiger partial charge in [-0.3, -0.25) is 18.4 Å². The Kier molecular flexibility index (Phi) is 7.60. The number of anilines is 1.